The van der Waals surface area contributed by atoms with Crippen molar-refractivity contribution in [1.29, 1.82) is 0 Å². The lowest BCUT2D eigenvalue weighted by Crippen LogP contribution is -2.22. The molecular formula is C12H9BrFN3OS. The van der Waals surface area contributed by atoms with Crippen LogP contribution >= 0.6 is 27.3 Å². The quantitative estimate of drug-likeness (QED) is 0.837. The van der Waals surface area contributed by atoms with Gasteiger partial charge in [0.25, 0.3) is 0 Å². The highest BCUT2D eigenvalue weighted by Crippen LogP contribution is 2.42. The molecule has 1 aromatic heterocycles. The molecule has 1 aliphatic heterocycles. The maximum absolute atomic E-state index is 13.3. The number of carbonyl (C=O) groups is 1. The third kappa shape index (κ3) is 2.23. The number of thiazole rings is 1. The largest absolute Gasteiger partial charge is 0.375 e. The second-order valence-electron chi connectivity index (χ2n) is 4.24. The molecule has 1 amide bonds. The fourth-order valence-corrected chi connectivity index (χ4v) is 3.45. The summed E-state index contributed by atoms with van der Waals surface area (Å²) in [7, 11) is 0. The molecule has 2 heterocycles. The van der Waals surface area contributed by atoms with E-state index in [2.05, 4.69) is 26.2 Å². The minimum atomic E-state index is -0.326. The molecule has 0 saturated heterocycles. The number of nitrogens with two attached hydrogens (primary N) is 1. The topological polar surface area (TPSA) is 68.0 Å². The number of rotatable bonds is 1. The summed E-state index contributed by atoms with van der Waals surface area (Å²) in [6.45, 7) is 0. The van der Waals surface area contributed by atoms with Crippen LogP contribution in [0.15, 0.2) is 22.7 Å². The van der Waals surface area contributed by atoms with Crippen LogP contribution in [0, 0.1) is 5.82 Å². The van der Waals surface area contributed by atoms with Gasteiger partial charge in [-0.3, -0.25) is 4.79 Å². The second-order valence-corrected chi connectivity index (χ2v) is 6.16. The van der Waals surface area contributed by atoms with E-state index in [9.17, 15) is 9.18 Å². The van der Waals surface area contributed by atoms with Gasteiger partial charge in [-0.05, 0) is 33.6 Å². The van der Waals surface area contributed by atoms with Crippen molar-refractivity contribution >= 4 is 44.1 Å². The van der Waals surface area contributed by atoms with E-state index >= 15 is 0 Å². The molecule has 98 valence electrons. The first-order valence-electron chi connectivity index (χ1n) is 5.55. The number of benzene rings is 1. The molecule has 0 aliphatic carbocycles. The number of carbonyl (C=O) groups excluding carboxylic acids is 1. The molecule has 1 atom stereocenters. The van der Waals surface area contributed by atoms with E-state index < -0.39 is 0 Å². The summed E-state index contributed by atoms with van der Waals surface area (Å²) in [5.41, 5.74) is 6.55. The number of nitrogens with zero attached hydrogens (tertiary/aromatic N) is 1. The van der Waals surface area contributed by atoms with E-state index in [0.29, 0.717) is 21.8 Å². The number of anilines is 2. The van der Waals surface area contributed by atoms with Gasteiger partial charge in [0.15, 0.2) is 5.13 Å². The standard InChI is InChI=1S/C12H9BrFN3OS/c13-7-3-5(1-2-8(7)14)6-4-9(18)16-11-10(6)19-12(15)17-11/h1-3,6H,4H2,(H2,15,17)(H,16,18)/t6-/m0/s1. The van der Waals surface area contributed by atoms with Crippen molar-refractivity contribution in [2.45, 2.75) is 12.3 Å². The van der Waals surface area contributed by atoms with E-state index in [4.69, 9.17) is 5.73 Å². The molecule has 4 nitrogen and oxygen atoms in total. The highest BCUT2D eigenvalue weighted by Gasteiger charge is 2.30. The lowest BCUT2D eigenvalue weighted by Gasteiger charge is -2.21. The molecule has 0 saturated carbocycles. The Morgan fingerprint density at radius 3 is 3.05 bits per heavy atom. The highest BCUT2D eigenvalue weighted by atomic mass is 79.9. The van der Waals surface area contributed by atoms with Crippen molar-refractivity contribution < 1.29 is 9.18 Å². The van der Waals surface area contributed by atoms with Crippen LogP contribution in [0.5, 0.6) is 0 Å². The van der Waals surface area contributed by atoms with Crippen molar-refractivity contribution in [2.75, 3.05) is 11.1 Å². The summed E-state index contributed by atoms with van der Waals surface area (Å²) < 4.78 is 13.7. The maximum Gasteiger partial charge on any atom is 0.226 e. The molecule has 0 unspecified atom stereocenters. The van der Waals surface area contributed by atoms with Crippen molar-refractivity contribution in [3.05, 3.63) is 38.9 Å². The average molecular weight is 342 g/mol. The maximum atomic E-state index is 13.3. The molecule has 0 spiro atoms. The first-order chi connectivity index (χ1) is 9.04. The number of nitrogen functional groups attached to an aromatic ring is 1. The highest BCUT2D eigenvalue weighted by molar-refractivity contribution is 9.10. The number of amides is 1. The first-order valence-corrected chi connectivity index (χ1v) is 7.16. The third-order valence-electron chi connectivity index (χ3n) is 2.98. The molecule has 19 heavy (non-hydrogen) atoms. The Kier molecular flexibility index (Phi) is 3.02. The van der Waals surface area contributed by atoms with Gasteiger partial charge in [0, 0.05) is 12.3 Å². The lowest BCUT2D eigenvalue weighted by molar-refractivity contribution is -0.116. The van der Waals surface area contributed by atoms with Gasteiger partial charge in [0.05, 0.1) is 9.35 Å². The van der Waals surface area contributed by atoms with Crippen LogP contribution in [-0.4, -0.2) is 10.9 Å². The van der Waals surface area contributed by atoms with Gasteiger partial charge >= 0.3 is 0 Å². The fraction of sp³-hybridized carbons (Fsp3) is 0.167. The summed E-state index contributed by atoms with van der Waals surface area (Å²) in [5, 5.41) is 3.12. The van der Waals surface area contributed by atoms with E-state index in [-0.39, 0.29) is 17.6 Å². The van der Waals surface area contributed by atoms with Crippen molar-refractivity contribution in [2.24, 2.45) is 0 Å². The van der Waals surface area contributed by atoms with Crippen LogP contribution in [0.1, 0.15) is 22.8 Å². The third-order valence-corrected chi connectivity index (χ3v) is 4.59. The van der Waals surface area contributed by atoms with Gasteiger partial charge in [-0.25, -0.2) is 9.37 Å². The average Bonchev–Trinajstić information content (AvgIpc) is 2.72. The number of nitrogens with one attached hydrogen (secondary N) is 1. The fourth-order valence-electron chi connectivity index (χ4n) is 2.13. The van der Waals surface area contributed by atoms with Crippen molar-refractivity contribution in [1.82, 2.24) is 4.98 Å². The van der Waals surface area contributed by atoms with Crippen LogP contribution in [0.4, 0.5) is 15.3 Å². The van der Waals surface area contributed by atoms with E-state index in [1.807, 2.05) is 0 Å². The Morgan fingerprint density at radius 1 is 1.53 bits per heavy atom. The summed E-state index contributed by atoms with van der Waals surface area (Å²) >= 11 is 4.51. The van der Waals surface area contributed by atoms with Crippen molar-refractivity contribution in [3.63, 3.8) is 0 Å². The minimum Gasteiger partial charge on any atom is -0.375 e. The molecule has 3 N–H and O–H groups in total. The monoisotopic (exact) mass is 341 g/mol. The number of hydrogen-bond acceptors (Lipinski definition) is 4. The smallest absolute Gasteiger partial charge is 0.226 e. The minimum absolute atomic E-state index is 0.108. The number of aromatic nitrogens is 1. The van der Waals surface area contributed by atoms with Gasteiger partial charge < -0.3 is 11.1 Å². The lowest BCUT2D eigenvalue weighted by atomic mass is 9.91. The van der Waals surface area contributed by atoms with Crippen LogP contribution in [0.25, 0.3) is 0 Å². The molecule has 3 rings (SSSR count). The summed E-state index contributed by atoms with van der Waals surface area (Å²) in [5.74, 6) is -0.0454. The predicted octanol–water partition coefficient (Wildman–Crippen LogP) is 3.10. The van der Waals surface area contributed by atoms with Gasteiger partial charge in [-0.15, -0.1) is 0 Å². The molecule has 0 bridgehead atoms. The molecular weight excluding hydrogens is 333 g/mol. The Hall–Kier alpha value is -1.47. The van der Waals surface area contributed by atoms with Crippen LogP contribution in [-0.2, 0) is 4.79 Å². The summed E-state index contributed by atoms with van der Waals surface area (Å²) in [6, 6.07) is 4.76. The first kappa shape index (κ1) is 12.6. The van der Waals surface area contributed by atoms with Crippen LogP contribution in [0.2, 0.25) is 0 Å². The normalized spacial score (nSPS) is 18.0. The van der Waals surface area contributed by atoms with Gasteiger partial charge in [-0.2, -0.15) is 0 Å². The van der Waals surface area contributed by atoms with Crippen LogP contribution in [0.3, 0.4) is 0 Å². The van der Waals surface area contributed by atoms with Crippen molar-refractivity contribution in [3.8, 4) is 0 Å². The molecule has 1 aliphatic rings. The molecule has 0 radical (unpaired) electrons. The van der Waals surface area contributed by atoms with E-state index in [1.54, 1.807) is 12.1 Å². The number of fused-ring (bicyclic) bond motifs is 1. The Morgan fingerprint density at radius 2 is 2.32 bits per heavy atom. The van der Waals surface area contributed by atoms with Gasteiger partial charge in [0.1, 0.15) is 11.6 Å². The van der Waals surface area contributed by atoms with Gasteiger partial charge in [0.2, 0.25) is 5.91 Å². The predicted molar refractivity (Wildman–Crippen MR) is 75.7 cm³/mol. The second kappa shape index (κ2) is 4.57. The SMILES string of the molecule is Nc1nc2c(s1)[C@H](c1ccc(F)c(Br)c1)CC(=O)N2. The summed E-state index contributed by atoms with van der Waals surface area (Å²) in [4.78, 5) is 16.7. The zero-order valence-electron chi connectivity index (χ0n) is 9.61. The Labute approximate surface area is 121 Å². The molecule has 2 aromatic rings. The van der Waals surface area contributed by atoms with Crippen LogP contribution < -0.4 is 11.1 Å². The zero-order chi connectivity index (χ0) is 13.6. The molecule has 7 heteroatoms. The van der Waals surface area contributed by atoms with E-state index in [1.165, 1.54) is 17.4 Å². The number of hydrogen-bond donors (Lipinski definition) is 2. The Bertz CT molecular complexity index is 673. The summed E-state index contributed by atoms with van der Waals surface area (Å²) in [6.07, 6.45) is 0.312. The number of halogens is 2. The zero-order valence-corrected chi connectivity index (χ0v) is 12.0. The molecule has 0 fully saturated rings. The Balaban J connectivity index is 2.09. The van der Waals surface area contributed by atoms with E-state index in [0.717, 1.165) is 10.4 Å². The molecule has 1 aromatic carbocycles. The van der Waals surface area contributed by atoms with Gasteiger partial charge in [-0.1, -0.05) is 17.4 Å².